The molecule has 2 aromatic heterocycles. The lowest BCUT2D eigenvalue weighted by Gasteiger charge is -2.24. The number of carbonyl (C=O) groups excluding carboxylic acids is 2. The number of aryl methyl sites for hydroxylation is 1. The highest BCUT2D eigenvalue weighted by atomic mass is 19.4. The van der Waals surface area contributed by atoms with Crippen LogP contribution in [0.5, 0.6) is 5.75 Å². The Morgan fingerprint density at radius 3 is 2.79 bits per heavy atom. The number of aromatic nitrogens is 2. The second-order valence-corrected chi connectivity index (χ2v) is 7.73. The number of hydrogen-bond acceptors (Lipinski definition) is 6. The lowest BCUT2D eigenvalue weighted by molar-refractivity contribution is -0.139. The van der Waals surface area contributed by atoms with Crippen molar-refractivity contribution in [1.82, 2.24) is 20.2 Å². The number of ether oxygens (including phenoxy) is 1. The largest absolute Gasteiger partial charge is 0.491 e. The topological polar surface area (TPSA) is 105 Å². The van der Waals surface area contributed by atoms with Crippen LogP contribution in [-0.4, -0.2) is 57.7 Å². The summed E-state index contributed by atoms with van der Waals surface area (Å²) >= 11 is 0. The first-order valence-corrected chi connectivity index (χ1v) is 10.4. The Bertz CT molecular complexity index is 1030. The van der Waals surface area contributed by atoms with Crippen LogP contribution in [0, 0.1) is 6.92 Å². The number of rotatable bonds is 9. The Hall–Kier alpha value is -3.21. The van der Waals surface area contributed by atoms with Crippen LogP contribution in [0.15, 0.2) is 24.5 Å². The zero-order chi connectivity index (χ0) is 24.2. The van der Waals surface area contributed by atoms with Crippen LogP contribution in [0.4, 0.5) is 13.2 Å². The highest BCUT2D eigenvalue weighted by Gasteiger charge is 2.34. The summed E-state index contributed by atoms with van der Waals surface area (Å²) < 4.78 is 42.2. The third kappa shape index (κ3) is 5.98. The van der Waals surface area contributed by atoms with Crippen molar-refractivity contribution in [3.8, 4) is 5.75 Å². The minimum absolute atomic E-state index is 0.0139. The molecule has 0 fully saturated rings. The van der Waals surface area contributed by atoms with Gasteiger partial charge in [-0.2, -0.15) is 13.2 Å². The SMILES string of the molecule is Cc1cc(C(C)N2Cc3c(ccnc3CC(=O)NCCO)C2=O)ncc1OCCC(F)(F)F. The first-order valence-electron chi connectivity index (χ1n) is 10.4. The van der Waals surface area contributed by atoms with E-state index in [4.69, 9.17) is 9.84 Å². The molecule has 0 bridgehead atoms. The number of nitrogens with one attached hydrogen (secondary N) is 1. The van der Waals surface area contributed by atoms with E-state index in [1.807, 2.05) is 0 Å². The van der Waals surface area contributed by atoms with E-state index in [-0.39, 0.29) is 43.7 Å². The van der Waals surface area contributed by atoms with E-state index in [9.17, 15) is 22.8 Å². The minimum atomic E-state index is -4.30. The standard InChI is InChI=1S/C22H25F3N4O4/c1-13-9-17(28-11-19(13)33-8-4-22(23,24)25)14(2)29-12-16-15(21(29)32)3-5-26-18(16)10-20(31)27-6-7-30/h3,5,9,11,14,30H,4,6-8,10,12H2,1-2H3,(H,27,31). The summed E-state index contributed by atoms with van der Waals surface area (Å²) in [5.74, 6) is -0.268. The number of aliphatic hydroxyl groups excluding tert-OH is 1. The fourth-order valence-electron chi connectivity index (χ4n) is 3.57. The molecule has 11 heteroatoms. The van der Waals surface area contributed by atoms with Crippen molar-refractivity contribution in [2.45, 2.75) is 45.5 Å². The number of pyridine rings is 2. The number of hydrogen-bond donors (Lipinski definition) is 2. The predicted molar refractivity (Wildman–Crippen MR) is 111 cm³/mol. The summed E-state index contributed by atoms with van der Waals surface area (Å²) in [6.07, 6.45) is -2.52. The summed E-state index contributed by atoms with van der Waals surface area (Å²) in [6, 6.07) is 2.87. The van der Waals surface area contributed by atoms with Gasteiger partial charge in [0.2, 0.25) is 5.91 Å². The first kappa shape index (κ1) is 24.4. The Labute approximate surface area is 188 Å². The van der Waals surface area contributed by atoms with Gasteiger partial charge >= 0.3 is 6.18 Å². The van der Waals surface area contributed by atoms with E-state index in [2.05, 4.69) is 15.3 Å². The second kappa shape index (κ2) is 10.2. The summed E-state index contributed by atoms with van der Waals surface area (Å²) in [5, 5.41) is 11.4. The van der Waals surface area contributed by atoms with E-state index in [0.29, 0.717) is 28.1 Å². The van der Waals surface area contributed by atoms with Crippen molar-refractivity contribution < 1.29 is 32.6 Å². The van der Waals surface area contributed by atoms with Gasteiger partial charge in [-0.3, -0.25) is 19.6 Å². The fraction of sp³-hybridized carbons (Fsp3) is 0.455. The fourth-order valence-corrected chi connectivity index (χ4v) is 3.57. The zero-order valence-electron chi connectivity index (χ0n) is 18.3. The number of alkyl halides is 3. The number of amides is 2. The van der Waals surface area contributed by atoms with Gasteiger partial charge in [0, 0.05) is 30.4 Å². The van der Waals surface area contributed by atoms with Gasteiger partial charge in [0.15, 0.2) is 0 Å². The van der Waals surface area contributed by atoms with E-state index in [0.717, 1.165) is 0 Å². The van der Waals surface area contributed by atoms with Crippen LogP contribution in [0.25, 0.3) is 0 Å². The highest BCUT2D eigenvalue weighted by Crippen LogP contribution is 2.33. The summed E-state index contributed by atoms with van der Waals surface area (Å²) in [6.45, 7) is 3.22. The van der Waals surface area contributed by atoms with Crippen LogP contribution in [0.2, 0.25) is 0 Å². The summed E-state index contributed by atoms with van der Waals surface area (Å²) in [4.78, 5) is 35.2. The van der Waals surface area contributed by atoms with Gasteiger partial charge in [-0.05, 0) is 31.5 Å². The monoisotopic (exact) mass is 466 g/mol. The number of nitrogens with zero attached hydrogens (tertiary/aromatic N) is 3. The first-order chi connectivity index (χ1) is 15.6. The highest BCUT2D eigenvalue weighted by molar-refractivity contribution is 5.99. The molecular formula is C22H25F3N4O4. The number of fused-ring (bicyclic) bond motifs is 1. The third-order valence-electron chi connectivity index (χ3n) is 5.35. The number of carbonyl (C=O) groups is 2. The average molecular weight is 466 g/mol. The number of halogens is 3. The molecule has 3 rings (SSSR count). The molecule has 3 heterocycles. The molecular weight excluding hydrogens is 441 g/mol. The van der Waals surface area contributed by atoms with Crippen molar-refractivity contribution in [2.75, 3.05) is 19.8 Å². The normalized spacial score (nSPS) is 14.2. The van der Waals surface area contributed by atoms with Crippen molar-refractivity contribution in [2.24, 2.45) is 0 Å². The molecule has 0 aliphatic carbocycles. The Kier molecular flexibility index (Phi) is 7.52. The Balaban J connectivity index is 1.72. The van der Waals surface area contributed by atoms with Gasteiger partial charge in [0.25, 0.3) is 5.91 Å². The van der Waals surface area contributed by atoms with Gasteiger partial charge in [-0.1, -0.05) is 0 Å². The van der Waals surface area contributed by atoms with Crippen LogP contribution in [0.3, 0.4) is 0 Å². The third-order valence-corrected chi connectivity index (χ3v) is 5.35. The van der Waals surface area contributed by atoms with Gasteiger partial charge in [0.05, 0.1) is 49.7 Å². The average Bonchev–Trinajstić information content (AvgIpc) is 3.09. The van der Waals surface area contributed by atoms with E-state index in [1.165, 1.54) is 12.4 Å². The molecule has 1 unspecified atom stereocenters. The molecule has 178 valence electrons. The molecule has 0 spiro atoms. The van der Waals surface area contributed by atoms with Gasteiger partial charge in [0.1, 0.15) is 5.75 Å². The molecule has 0 saturated heterocycles. The minimum Gasteiger partial charge on any atom is -0.491 e. The van der Waals surface area contributed by atoms with Crippen molar-refractivity contribution in [1.29, 1.82) is 0 Å². The van der Waals surface area contributed by atoms with Crippen LogP contribution in [0.1, 0.15) is 52.3 Å². The molecule has 2 N–H and O–H groups in total. The Morgan fingerprint density at radius 1 is 1.36 bits per heavy atom. The Morgan fingerprint density at radius 2 is 2.12 bits per heavy atom. The molecule has 0 radical (unpaired) electrons. The molecule has 8 nitrogen and oxygen atoms in total. The smallest absolute Gasteiger partial charge is 0.392 e. The predicted octanol–water partition coefficient (Wildman–Crippen LogP) is 2.48. The summed E-state index contributed by atoms with van der Waals surface area (Å²) in [7, 11) is 0. The van der Waals surface area contributed by atoms with Gasteiger partial charge in [-0.15, -0.1) is 0 Å². The molecule has 2 aromatic rings. The second-order valence-electron chi connectivity index (χ2n) is 7.73. The van der Waals surface area contributed by atoms with E-state index < -0.39 is 25.2 Å². The maximum atomic E-state index is 13.0. The molecule has 1 aliphatic rings. The van der Waals surface area contributed by atoms with Crippen molar-refractivity contribution in [3.05, 3.63) is 52.6 Å². The molecule has 1 atom stereocenters. The van der Waals surface area contributed by atoms with Gasteiger partial charge in [-0.25, -0.2) is 0 Å². The molecule has 2 amide bonds. The van der Waals surface area contributed by atoms with Crippen LogP contribution >= 0.6 is 0 Å². The lowest BCUT2D eigenvalue weighted by atomic mass is 10.1. The number of aliphatic hydroxyl groups is 1. The van der Waals surface area contributed by atoms with Crippen LogP contribution in [-0.2, 0) is 17.8 Å². The molecule has 0 saturated carbocycles. The molecule has 1 aliphatic heterocycles. The maximum absolute atomic E-state index is 13.0. The quantitative estimate of drug-likeness (QED) is 0.589. The maximum Gasteiger partial charge on any atom is 0.392 e. The van der Waals surface area contributed by atoms with Crippen molar-refractivity contribution >= 4 is 11.8 Å². The summed E-state index contributed by atoms with van der Waals surface area (Å²) in [5.41, 5.74) is 2.79. The molecule has 33 heavy (non-hydrogen) atoms. The van der Waals surface area contributed by atoms with E-state index in [1.54, 1.807) is 30.9 Å². The van der Waals surface area contributed by atoms with Crippen molar-refractivity contribution in [3.63, 3.8) is 0 Å². The lowest BCUT2D eigenvalue weighted by Crippen LogP contribution is -2.29. The molecule has 0 aromatic carbocycles. The van der Waals surface area contributed by atoms with Crippen LogP contribution < -0.4 is 10.1 Å². The zero-order valence-corrected chi connectivity index (χ0v) is 18.3. The van der Waals surface area contributed by atoms with Gasteiger partial charge < -0.3 is 20.1 Å². The van der Waals surface area contributed by atoms with E-state index >= 15 is 0 Å².